The first kappa shape index (κ1) is 14.4. The molecular formula is C15H26N2O2. The van der Waals surface area contributed by atoms with Crippen LogP contribution in [0, 0.1) is 5.92 Å². The summed E-state index contributed by atoms with van der Waals surface area (Å²) in [5, 5.41) is 2.96. The maximum Gasteiger partial charge on any atom is 0.311 e. The van der Waals surface area contributed by atoms with Crippen molar-refractivity contribution in [3.05, 3.63) is 0 Å². The van der Waals surface area contributed by atoms with Gasteiger partial charge in [0.15, 0.2) is 0 Å². The fourth-order valence-electron chi connectivity index (χ4n) is 3.18. The molecule has 2 fully saturated rings. The van der Waals surface area contributed by atoms with Gasteiger partial charge in [-0.3, -0.25) is 9.59 Å². The van der Waals surface area contributed by atoms with E-state index >= 15 is 0 Å². The Kier molecular flexibility index (Phi) is 5.23. The lowest BCUT2D eigenvalue weighted by atomic mass is 9.86. The fourth-order valence-corrected chi connectivity index (χ4v) is 3.18. The standard InChI is InChI=1S/C15H26N2O2/c1-12-8-4-5-9-13(12)16-14(18)15(19)17-10-6-2-3-7-11-17/h12-13H,2-11H2,1H3,(H,16,18). The lowest BCUT2D eigenvalue weighted by Crippen LogP contribution is -2.49. The summed E-state index contributed by atoms with van der Waals surface area (Å²) in [5.74, 6) is -0.213. The fraction of sp³-hybridized carbons (Fsp3) is 0.867. The number of hydrogen-bond acceptors (Lipinski definition) is 2. The molecule has 2 atom stereocenters. The van der Waals surface area contributed by atoms with Gasteiger partial charge < -0.3 is 10.2 Å². The van der Waals surface area contributed by atoms with Crippen molar-refractivity contribution in [2.75, 3.05) is 13.1 Å². The molecule has 1 saturated carbocycles. The summed E-state index contributed by atoms with van der Waals surface area (Å²) in [6.45, 7) is 3.65. The molecule has 1 heterocycles. The van der Waals surface area contributed by atoms with Gasteiger partial charge in [-0.1, -0.05) is 32.6 Å². The van der Waals surface area contributed by atoms with Gasteiger partial charge in [-0.25, -0.2) is 0 Å². The topological polar surface area (TPSA) is 49.4 Å². The van der Waals surface area contributed by atoms with Crippen molar-refractivity contribution >= 4 is 11.8 Å². The number of amides is 2. The minimum Gasteiger partial charge on any atom is -0.345 e. The van der Waals surface area contributed by atoms with Crippen LogP contribution in [0.4, 0.5) is 0 Å². The second kappa shape index (κ2) is 6.92. The predicted octanol–water partition coefficient (Wildman–Crippen LogP) is 2.08. The molecule has 108 valence electrons. The number of nitrogens with zero attached hydrogens (tertiary/aromatic N) is 1. The van der Waals surface area contributed by atoms with E-state index in [1.54, 1.807) is 4.90 Å². The molecule has 0 aromatic rings. The van der Waals surface area contributed by atoms with E-state index < -0.39 is 0 Å². The summed E-state index contributed by atoms with van der Waals surface area (Å²) in [6, 6.07) is 0.192. The van der Waals surface area contributed by atoms with Crippen LogP contribution < -0.4 is 5.32 Å². The third-order valence-corrected chi connectivity index (χ3v) is 4.52. The first-order chi connectivity index (χ1) is 9.18. The van der Waals surface area contributed by atoms with E-state index in [1.807, 2.05) is 0 Å². The van der Waals surface area contributed by atoms with Crippen LogP contribution in [0.3, 0.4) is 0 Å². The molecule has 4 nitrogen and oxygen atoms in total. The van der Waals surface area contributed by atoms with Gasteiger partial charge in [0.05, 0.1) is 0 Å². The molecule has 1 aliphatic carbocycles. The predicted molar refractivity (Wildman–Crippen MR) is 74.6 cm³/mol. The van der Waals surface area contributed by atoms with E-state index in [9.17, 15) is 9.59 Å². The van der Waals surface area contributed by atoms with Crippen LogP contribution in [0.2, 0.25) is 0 Å². The monoisotopic (exact) mass is 266 g/mol. The summed E-state index contributed by atoms with van der Waals surface area (Å²) < 4.78 is 0. The second-order valence-corrected chi connectivity index (χ2v) is 6.05. The first-order valence-corrected chi connectivity index (χ1v) is 7.78. The van der Waals surface area contributed by atoms with Gasteiger partial charge in [-0.05, 0) is 31.6 Å². The molecule has 0 aromatic heterocycles. The Morgan fingerprint density at radius 2 is 1.58 bits per heavy atom. The van der Waals surface area contributed by atoms with Crippen LogP contribution >= 0.6 is 0 Å². The molecule has 0 aromatic carbocycles. The van der Waals surface area contributed by atoms with Gasteiger partial charge in [0.2, 0.25) is 0 Å². The van der Waals surface area contributed by atoms with Crippen molar-refractivity contribution in [3.63, 3.8) is 0 Å². The van der Waals surface area contributed by atoms with Gasteiger partial charge in [-0.15, -0.1) is 0 Å². The van der Waals surface area contributed by atoms with Crippen LogP contribution in [0.25, 0.3) is 0 Å². The second-order valence-electron chi connectivity index (χ2n) is 6.05. The van der Waals surface area contributed by atoms with Gasteiger partial charge >= 0.3 is 11.8 Å². The Morgan fingerprint density at radius 1 is 0.947 bits per heavy atom. The zero-order valence-electron chi connectivity index (χ0n) is 12.0. The minimum atomic E-state index is -0.388. The highest BCUT2D eigenvalue weighted by Gasteiger charge is 2.28. The normalized spacial score (nSPS) is 28.6. The molecule has 0 radical (unpaired) electrons. The number of carbonyl (C=O) groups excluding carboxylic acids is 2. The number of hydrogen-bond donors (Lipinski definition) is 1. The van der Waals surface area contributed by atoms with E-state index in [4.69, 9.17) is 0 Å². The van der Waals surface area contributed by atoms with E-state index in [0.717, 1.165) is 45.2 Å². The van der Waals surface area contributed by atoms with Gasteiger partial charge in [0.1, 0.15) is 0 Å². The molecule has 4 heteroatoms. The van der Waals surface area contributed by atoms with Crippen LogP contribution in [0.5, 0.6) is 0 Å². The highest BCUT2D eigenvalue weighted by Crippen LogP contribution is 2.23. The Bertz CT molecular complexity index is 322. The number of rotatable bonds is 1. The van der Waals surface area contributed by atoms with Gasteiger partial charge in [0.25, 0.3) is 0 Å². The van der Waals surface area contributed by atoms with E-state index in [-0.39, 0.29) is 17.9 Å². The zero-order valence-corrected chi connectivity index (χ0v) is 12.0. The molecule has 2 aliphatic rings. The molecular weight excluding hydrogens is 240 g/mol. The molecule has 2 unspecified atom stereocenters. The van der Waals surface area contributed by atoms with Crippen molar-refractivity contribution in [1.82, 2.24) is 10.2 Å². The summed E-state index contributed by atoms with van der Waals surface area (Å²) in [6.07, 6.45) is 8.97. The molecule has 1 N–H and O–H groups in total. The molecule has 0 spiro atoms. The Labute approximate surface area is 115 Å². The highest BCUT2D eigenvalue weighted by atomic mass is 16.2. The minimum absolute atomic E-state index is 0.192. The summed E-state index contributed by atoms with van der Waals surface area (Å²) >= 11 is 0. The Morgan fingerprint density at radius 3 is 2.21 bits per heavy atom. The molecule has 2 amide bonds. The Hall–Kier alpha value is -1.06. The average molecular weight is 266 g/mol. The van der Waals surface area contributed by atoms with Gasteiger partial charge in [-0.2, -0.15) is 0 Å². The van der Waals surface area contributed by atoms with Crippen molar-refractivity contribution in [3.8, 4) is 0 Å². The average Bonchev–Trinajstić information content (AvgIpc) is 2.69. The molecule has 19 heavy (non-hydrogen) atoms. The van der Waals surface area contributed by atoms with Crippen molar-refractivity contribution in [1.29, 1.82) is 0 Å². The SMILES string of the molecule is CC1CCCCC1NC(=O)C(=O)N1CCCCCC1. The first-order valence-electron chi connectivity index (χ1n) is 7.78. The third-order valence-electron chi connectivity index (χ3n) is 4.52. The molecule has 0 bridgehead atoms. The third kappa shape index (κ3) is 3.95. The maximum atomic E-state index is 12.1. The lowest BCUT2D eigenvalue weighted by molar-refractivity contribution is -0.146. The lowest BCUT2D eigenvalue weighted by Gasteiger charge is -2.30. The number of likely N-dealkylation sites (tertiary alicyclic amines) is 1. The Balaban J connectivity index is 1.85. The van der Waals surface area contributed by atoms with Crippen molar-refractivity contribution in [2.24, 2.45) is 5.92 Å². The summed E-state index contributed by atoms with van der Waals surface area (Å²) in [4.78, 5) is 25.9. The zero-order chi connectivity index (χ0) is 13.7. The largest absolute Gasteiger partial charge is 0.345 e. The van der Waals surface area contributed by atoms with Crippen molar-refractivity contribution < 1.29 is 9.59 Å². The molecule has 1 aliphatic heterocycles. The smallest absolute Gasteiger partial charge is 0.311 e. The molecule has 2 rings (SSSR count). The number of nitrogens with one attached hydrogen (secondary N) is 1. The highest BCUT2D eigenvalue weighted by molar-refractivity contribution is 6.35. The maximum absolute atomic E-state index is 12.1. The summed E-state index contributed by atoms with van der Waals surface area (Å²) in [7, 11) is 0. The van der Waals surface area contributed by atoms with E-state index in [0.29, 0.717) is 5.92 Å². The van der Waals surface area contributed by atoms with E-state index in [1.165, 1.54) is 19.3 Å². The number of carbonyl (C=O) groups is 2. The van der Waals surface area contributed by atoms with Gasteiger partial charge in [0, 0.05) is 19.1 Å². The van der Waals surface area contributed by atoms with Crippen LogP contribution in [0.15, 0.2) is 0 Å². The van der Waals surface area contributed by atoms with Crippen LogP contribution in [0.1, 0.15) is 58.3 Å². The van der Waals surface area contributed by atoms with Crippen LogP contribution in [-0.2, 0) is 9.59 Å². The quantitative estimate of drug-likeness (QED) is 0.739. The molecule has 1 saturated heterocycles. The van der Waals surface area contributed by atoms with Crippen molar-refractivity contribution in [2.45, 2.75) is 64.3 Å². The van der Waals surface area contributed by atoms with Crippen LogP contribution in [-0.4, -0.2) is 35.8 Å². The van der Waals surface area contributed by atoms with E-state index in [2.05, 4.69) is 12.2 Å². The summed E-state index contributed by atoms with van der Waals surface area (Å²) in [5.41, 5.74) is 0.